The Morgan fingerprint density at radius 2 is 1.90 bits per heavy atom. The van der Waals surface area contributed by atoms with Crippen LogP contribution in [0.3, 0.4) is 0 Å². The molecule has 0 aliphatic rings. The molecule has 0 aliphatic heterocycles. The molecule has 0 unspecified atom stereocenters. The molecule has 0 aromatic heterocycles. The van der Waals surface area contributed by atoms with E-state index in [0.29, 0.717) is 17.9 Å². The molecule has 0 amide bonds. The quantitative estimate of drug-likeness (QED) is 0.362. The highest BCUT2D eigenvalue weighted by atomic mass is 16.5. The highest BCUT2D eigenvalue weighted by molar-refractivity contribution is 6.36. The number of oxime groups is 1. The molecule has 1 rings (SSSR count). The Kier molecular flexibility index (Phi) is 6.52. The molecule has 21 heavy (non-hydrogen) atoms. The number of hydrogen-bond acceptors (Lipinski definition) is 6. The maximum absolute atomic E-state index is 11.7. The highest BCUT2D eigenvalue weighted by Gasteiger charge is 2.16. The van der Waals surface area contributed by atoms with Crippen LogP contribution in [0.5, 0.6) is 11.5 Å². The van der Waals surface area contributed by atoms with E-state index in [2.05, 4.69) is 5.16 Å². The molecule has 0 radical (unpaired) electrons. The minimum Gasteiger partial charge on any atom is -0.493 e. The van der Waals surface area contributed by atoms with E-state index in [-0.39, 0.29) is 18.2 Å². The molecule has 116 valence electrons. The van der Waals surface area contributed by atoms with Gasteiger partial charge in [0.1, 0.15) is 0 Å². The molecule has 0 aliphatic carbocycles. The molecule has 6 heteroatoms. The summed E-state index contributed by atoms with van der Waals surface area (Å²) in [7, 11) is 3.12. The van der Waals surface area contributed by atoms with E-state index < -0.39 is 5.97 Å². The van der Waals surface area contributed by atoms with Crippen LogP contribution in [0.4, 0.5) is 0 Å². The van der Waals surface area contributed by atoms with E-state index in [1.54, 1.807) is 34.1 Å². The SMILES string of the molecule is COc1ccc(CC/C(=N/O)C(=O)OC(C)C)cc1OC. The Labute approximate surface area is 124 Å². The number of ether oxygens (including phenoxy) is 3. The Morgan fingerprint density at radius 3 is 2.43 bits per heavy atom. The third-order valence-corrected chi connectivity index (χ3v) is 2.80. The fourth-order valence-electron chi connectivity index (χ4n) is 1.77. The number of aryl methyl sites for hydroxylation is 1. The maximum Gasteiger partial charge on any atom is 0.356 e. The van der Waals surface area contributed by atoms with Crippen molar-refractivity contribution in [3.8, 4) is 11.5 Å². The summed E-state index contributed by atoms with van der Waals surface area (Å²) in [6, 6.07) is 5.47. The summed E-state index contributed by atoms with van der Waals surface area (Å²) >= 11 is 0. The molecular formula is C15H21NO5. The van der Waals surface area contributed by atoms with Gasteiger partial charge in [0, 0.05) is 6.42 Å². The summed E-state index contributed by atoms with van der Waals surface area (Å²) in [5.74, 6) is 0.645. The molecule has 6 nitrogen and oxygen atoms in total. The molecular weight excluding hydrogens is 274 g/mol. The standard InChI is InChI=1S/C15H21NO5/c1-10(2)21-15(17)12(16-18)7-5-11-6-8-13(19-3)14(9-11)20-4/h6,8-10,18H,5,7H2,1-4H3/b16-12-. The first-order chi connectivity index (χ1) is 10.0. The van der Waals surface area contributed by atoms with Crippen molar-refractivity contribution in [3.05, 3.63) is 23.8 Å². The van der Waals surface area contributed by atoms with Crippen LogP contribution in [0, 0.1) is 0 Å². The second-order valence-electron chi connectivity index (χ2n) is 4.69. The molecule has 1 aromatic carbocycles. The second-order valence-corrected chi connectivity index (χ2v) is 4.69. The van der Waals surface area contributed by atoms with Gasteiger partial charge in [0.2, 0.25) is 0 Å². The monoisotopic (exact) mass is 295 g/mol. The van der Waals surface area contributed by atoms with Gasteiger partial charge in [-0.25, -0.2) is 4.79 Å². The van der Waals surface area contributed by atoms with Crippen molar-refractivity contribution >= 4 is 11.7 Å². The number of hydrogen-bond donors (Lipinski definition) is 1. The predicted octanol–water partition coefficient (Wildman–Crippen LogP) is 2.42. The largest absolute Gasteiger partial charge is 0.493 e. The first-order valence-corrected chi connectivity index (χ1v) is 6.64. The van der Waals surface area contributed by atoms with E-state index in [0.717, 1.165) is 5.56 Å². The van der Waals surface area contributed by atoms with Gasteiger partial charge in [0.15, 0.2) is 17.2 Å². The maximum atomic E-state index is 11.7. The number of esters is 1. The Bertz CT molecular complexity index is 511. The lowest BCUT2D eigenvalue weighted by molar-refractivity contribution is -0.139. The predicted molar refractivity (Wildman–Crippen MR) is 78.3 cm³/mol. The van der Waals surface area contributed by atoms with Crippen LogP contribution in [0.2, 0.25) is 0 Å². The zero-order valence-corrected chi connectivity index (χ0v) is 12.8. The zero-order chi connectivity index (χ0) is 15.8. The van der Waals surface area contributed by atoms with Crippen LogP contribution in [0.15, 0.2) is 23.4 Å². The lowest BCUT2D eigenvalue weighted by Gasteiger charge is -2.11. The lowest BCUT2D eigenvalue weighted by Crippen LogP contribution is -2.21. The van der Waals surface area contributed by atoms with Crippen molar-refractivity contribution in [3.63, 3.8) is 0 Å². The fourth-order valence-corrected chi connectivity index (χ4v) is 1.77. The Morgan fingerprint density at radius 1 is 1.24 bits per heavy atom. The number of methoxy groups -OCH3 is 2. The van der Waals surface area contributed by atoms with E-state index in [1.165, 1.54) is 0 Å². The van der Waals surface area contributed by atoms with Gasteiger partial charge in [-0.15, -0.1) is 0 Å². The van der Waals surface area contributed by atoms with Gasteiger partial charge in [0.25, 0.3) is 0 Å². The van der Waals surface area contributed by atoms with Gasteiger partial charge in [-0.2, -0.15) is 0 Å². The molecule has 0 heterocycles. The van der Waals surface area contributed by atoms with Crippen LogP contribution in [-0.4, -0.2) is 37.2 Å². The summed E-state index contributed by atoms with van der Waals surface area (Å²) < 4.78 is 15.4. The molecule has 0 fully saturated rings. The average molecular weight is 295 g/mol. The number of nitrogens with zero attached hydrogens (tertiary/aromatic N) is 1. The summed E-state index contributed by atoms with van der Waals surface area (Å²) in [6.07, 6.45) is 0.542. The summed E-state index contributed by atoms with van der Waals surface area (Å²) in [6.45, 7) is 3.47. The van der Waals surface area contributed by atoms with E-state index in [4.69, 9.17) is 19.4 Å². The molecule has 0 saturated heterocycles. The average Bonchev–Trinajstić information content (AvgIpc) is 2.46. The van der Waals surface area contributed by atoms with Crippen LogP contribution in [0.1, 0.15) is 25.8 Å². The summed E-state index contributed by atoms with van der Waals surface area (Å²) in [5, 5.41) is 11.9. The van der Waals surface area contributed by atoms with Crippen molar-refractivity contribution in [2.45, 2.75) is 32.8 Å². The third kappa shape index (κ3) is 4.98. The molecule has 0 atom stereocenters. The van der Waals surface area contributed by atoms with Gasteiger partial charge < -0.3 is 19.4 Å². The number of benzene rings is 1. The Balaban J connectivity index is 2.71. The van der Waals surface area contributed by atoms with Crippen molar-refractivity contribution in [1.29, 1.82) is 0 Å². The molecule has 1 aromatic rings. The van der Waals surface area contributed by atoms with Crippen LogP contribution in [-0.2, 0) is 16.0 Å². The first kappa shape index (κ1) is 16.8. The second kappa shape index (κ2) is 8.14. The van der Waals surface area contributed by atoms with E-state index in [9.17, 15) is 4.79 Å². The van der Waals surface area contributed by atoms with Crippen molar-refractivity contribution < 1.29 is 24.2 Å². The van der Waals surface area contributed by atoms with Gasteiger partial charge in [-0.3, -0.25) is 0 Å². The number of carbonyl (C=O) groups is 1. The highest BCUT2D eigenvalue weighted by Crippen LogP contribution is 2.28. The minimum absolute atomic E-state index is 0.00140. The molecule has 1 N–H and O–H groups in total. The molecule has 0 spiro atoms. The molecule has 0 bridgehead atoms. The molecule has 0 saturated carbocycles. The smallest absolute Gasteiger partial charge is 0.356 e. The van der Waals surface area contributed by atoms with Gasteiger partial charge >= 0.3 is 5.97 Å². The minimum atomic E-state index is -0.604. The van der Waals surface area contributed by atoms with Crippen molar-refractivity contribution in [2.24, 2.45) is 5.16 Å². The van der Waals surface area contributed by atoms with E-state index >= 15 is 0 Å². The fraction of sp³-hybridized carbons (Fsp3) is 0.467. The van der Waals surface area contributed by atoms with Crippen LogP contribution >= 0.6 is 0 Å². The van der Waals surface area contributed by atoms with Crippen LogP contribution < -0.4 is 9.47 Å². The lowest BCUT2D eigenvalue weighted by atomic mass is 10.1. The van der Waals surface area contributed by atoms with Crippen LogP contribution in [0.25, 0.3) is 0 Å². The number of carbonyl (C=O) groups excluding carboxylic acids is 1. The number of rotatable bonds is 7. The normalized spacial score (nSPS) is 11.4. The summed E-state index contributed by atoms with van der Waals surface area (Å²) in [4.78, 5) is 11.7. The zero-order valence-electron chi connectivity index (χ0n) is 12.8. The topological polar surface area (TPSA) is 77.4 Å². The summed E-state index contributed by atoms with van der Waals surface area (Å²) in [5.41, 5.74) is 0.935. The third-order valence-electron chi connectivity index (χ3n) is 2.80. The van der Waals surface area contributed by atoms with Gasteiger partial charge in [-0.1, -0.05) is 11.2 Å². The van der Waals surface area contributed by atoms with Crippen molar-refractivity contribution in [2.75, 3.05) is 14.2 Å². The van der Waals surface area contributed by atoms with E-state index in [1.807, 2.05) is 12.1 Å². The van der Waals surface area contributed by atoms with Crippen molar-refractivity contribution in [1.82, 2.24) is 0 Å². The Hall–Kier alpha value is -2.24. The van der Waals surface area contributed by atoms with Gasteiger partial charge in [-0.05, 0) is 38.0 Å². The van der Waals surface area contributed by atoms with Gasteiger partial charge in [0.05, 0.1) is 20.3 Å². The first-order valence-electron chi connectivity index (χ1n) is 6.64.